The Hall–Kier alpha value is -2.81. The zero-order chi connectivity index (χ0) is 21.9. The number of thioether (sulfide) groups is 1. The van der Waals surface area contributed by atoms with Crippen molar-refractivity contribution in [2.75, 3.05) is 12.9 Å². The molecule has 0 amide bonds. The lowest BCUT2D eigenvalue weighted by atomic mass is 9.98. The van der Waals surface area contributed by atoms with Gasteiger partial charge in [-0.25, -0.2) is 9.07 Å². The van der Waals surface area contributed by atoms with E-state index in [1.54, 1.807) is 31.2 Å². The molecule has 0 saturated heterocycles. The van der Waals surface area contributed by atoms with Crippen molar-refractivity contribution in [3.05, 3.63) is 60.0 Å². The molecular weight excluding hydrogens is 420 g/mol. The highest BCUT2D eigenvalue weighted by Crippen LogP contribution is 2.43. The van der Waals surface area contributed by atoms with E-state index in [9.17, 15) is 22.4 Å². The van der Waals surface area contributed by atoms with Crippen molar-refractivity contribution in [1.82, 2.24) is 9.78 Å². The van der Waals surface area contributed by atoms with Crippen LogP contribution in [0.1, 0.15) is 12.6 Å². The molecule has 0 spiro atoms. The molecule has 0 aliphatic carbocycles. The smallest absolute Gasteiger partial charge is 0.433 e. The van der Waals surface area contributed by atoms with Crippen LogP contribution in [0, 0.1) is 5.82 Å². The van der Waals surface area contributed by atoms with Gasteiger partial charge in [0.1, 0.15) is 18.1 Å². The molecule has 3 aromatic rings. The van der Waals surface area contributed by atoms with Crippen LogP contribution in [0.3, 0.4) is 0 Å². The number of hydrogen-bond donors (Lipinski definition) is 0. The highest BCUT2D eigenvalue weighted by molar-refractivity contribution is 7.98. The lowest BCUT2D eigenvalue weighted by molar-refractivity contribution is -0.149. The number of rotatable bonds is 6. The second-order valence-corrected chi connectivity index (χ2v) is 7.15. The van der Waals surface area contributed by atoms with Gasteiger partial charge in [-0.1, -0.05) is 24.3 Å². The fraction of sp³-hybridized carbons (Fsp3) is 0.238. The summed E-state index contributed by atoms with van der Waals surface area (Å²) in [5.41, 5.74) is -0.677. The van der Waals surface area contributed by atoms with E-state index in [1.807, 2.05) is 6.26 Å². The fourth-order valence-corrected chi connectivity index (χ4v) is 3.44. The van der Waals surface area contributed by atoms with Crippen LogP contribution in [0.4, 0.5) is 17.6 Å². The van der Waals surface area contributed by atoms with Crippen LogP contribution >= 0.6 is 11.8 Å². The molecule has 30 heavy (non-hydrogen) atoms. The summed E-state index contributed by atoms with van der Waals surface area (Å²) in [4.78, 5) is 12.8. The summed E-state index contributed by atoms with van der Waals surface area (Å²) in [7, 11) is 0. The van der Waals surface area contributed by atoms with Gasteiger partial charge in [-0.15, -0.1) is 11.8 Å². The number of aromatic nitrogens is 2. The zero-order valence-corrected chi connectivity index (χ0v) is 17.0. The first-order valence-corrected chi connectivity index (χ1v) is 10.2. The Morgan fingerprint density at radius 1 is 1.07 bits per heavy atom. The minimum atomic E-state index is -4.80. The van der Waals surface area contributed by atoms with E-state index >= 15 is 0 Å². The van der Waals surface area contributed by atoms with Gasteiger partial charge in [-0.2, -0.15) is 18.3 Å². The average Bonchev–Trinajstić information content (AvgIpc) is 3.08. The third-order valence-electron chi connectivity index (χ3n) is 4.30. The molecule has 3 rings (SSSR count). The maximum atomic E-state index is 14.1. The third-order valence-corrected chi connectivity index (χ3v) is 5.05. The lowest BCUT2D eigenvalue weighted by Crippen LogP contribution is -2.21. The predicted molar refractivity (Wildman–Crippen MR) is 106 cm³/mol. The van der Waals surface area contributed by atoms with Gasteiger partial charge in [-0.3, -0.25) is 4.79 Å². The summed E-state index contributed by atoms with van der Waals surface area (Å²) in [5.74, 6) is -1.41. The van der Waals surface area contributed by atoms with Gasteiger partial charge in [0, 0.05) is 16.0 Å². The zero-order valence-electron chi connectivity index (χ0n) is 16.2. The Bertz CT molecular complexity index is 1030. The molecule has 1 heterocycles. The van der Waals surface area contributed by atoms with Crippen molar-refractivity contribution in [3.8, 4) is 22.4 Å². The summed E-state index contributed by atoms with van der Waals surface area (Å²) >= 11 is 1.49. The first-order valence-electron chi connectivity index (χ1n) is 8.98. The van der Waals surface area contributed by atoms with E-state index in [0.29, 0.717) is 10.2 Å². The first kappa shape index (κ1) is 21.9. The van der Waals surface area contributed by atoms with E-state index in [0.717, 1.165) is 17.0 Å². The van der Waals surface area contributed by atoms with Gasteiger partial charge in [-0.05, 0) is 43.0 Å². The number of benzene rings is 2. The van der Waals surface area contributed by atoms with Gasteiger partial charge in [0.15, 0.2) is 5.69 Å². The second-order valence-electron chi connectivity index (χ2n) is 6.27. The third kappa shape index (κ3) is 4.67. The van der Waals surface area contributed by atoms with Crippen LogP contribution < -0.4 is 0 Å². The standard InChI is InChI=1S/C21H18F4N2O2S/c1-3-29-17(28)12-27-20(21(23,24)25)18(13-4-8-15(22)9-5-13)19(26-27)14-6-10-16(30-2)11-7-14/h4-11H,3,12H2,1-2H3. The maximum Gasteiger partial charge on any atom is 0.433 e. The molecule has 0 atom stereocenters. The molecule has 1 aromatic heterocycles. The molecule has 9 heteroatoms. The minimum Gasteiger partial charge on any atom is -0.465 e. The van der Waals surface area contributed by atoms with Gasteiger partial charge >= 0.3 is 12.1 Å². The predicted octanol–water partition coefficient (Wildman–Crippen LogP) is 5.66. The molecule has 0 N–H and O–H groups in total. The Labute approximate surface area is 174 Å². The summed E-state index contributed by atoms with van der Waals surface area (Å²) in [6.45, 7) is 0.906. The topological polar surface area (TPSA) is 44.1 Å². The molecule has 0 aliphatic rings. The van der Waals surface area contributed by atoms with E-state index in [1.165, 1.54) is 23.9 Å². The van der Waals surface area contributed by atoms with Crippen LogP contribution in [-0.2, 0) is 22.3 Å². The molecule has 0 radical (unpaired) electrons. The summed E-state index contributed by atoms with van der Waals surface area (Å²) in [5, 5.41) is 4.12. The number of carbonyl (C=O) groups is 1. The summed E-state index contributed by atoms with van der Waals surface area (Å²) in [6, 6.07) is 11.5. The number of carbonyl (C=O) groups excluding carboxylic acids is 1. The summed E-state index contributed by atoms with van der Waals surface area (Å²) in [6.07, 6.45) is -2.92. The number of hydrogen-bond acceptors (Lipinski definition) is 4. The molecule has 0 fully saturated rings. The van der Waals surface area contributed by atoms with Crippen LogP contribution in [0.15, 0.2) is 53.4 Å². The van der Waals surface area contributed by atoms with Crippen molar-refractivity contribution < 1.29 is 27.1 Å². The van der Waals surface area contributed by atoms with Crippen LogP contribution in [0.2, 0.25) is 0 Å². The number of esters is 1. The Balaban J connectivity index is 2.26. The number of halogens is 4. The maximum absolute atomic E-state index is 14.1. The number of nitrogens with zero attached hydrogens (tertiary/aromatic N) is 2. The van der Waals surface area contributed by atoms with Crippen LogP contribution in [0.5, 0.6) is 0 Å². The van der Waals surface area contributed by atoms with Crippen molar-refractivity contribution in [2.24, 2.45) is 0 Å². The van der Waals surface area contributed by atoms with Gasteiger partial charge in [0.25, 0.3) is 0 Å². The highest BCUT2D eigenvalue weighted by atomic mass is 32.2. The Kier molecular flexibility index (Phi) is 6.50. The molecule has 0 aliphatic heterocycles. The fourth-order valence-electron chi connectivity index (χ4n) is 3.03. The molecule has 4 nitrogen and oxygen atoms in total. The highest BCUT2D eigenvalue weighted by Gasteiger charge is 2.41. The molecule has 0 saturated carbocycles. The van der Waals surface area contributed by atoms with Crippen LogP contribution in [-0.4, -0.2) is 28.6 Å². The number of ether oxygens (including phenoxy) is 1. The molecule has 0 bridgehead atoms. The Morgan fingerprint density at radius 3 is 2.20 bits per heavy atom. The van der Waals surface area contributed by atoms with Gasteiger partial charge in [0.2, 0.25) is 0 Å². The molecule has 0 unspecified atom stereocenters. The van der Waals surface area contributed by atoms with E-state index in [-0.39, 0.29) is 23.4 Å². The molecule has 2 aromatic carbocycles. The normalized spacial score (nSPS) is 11.5. The SMILES string of the molecule is CCOC(=O)Cn1nc(-c2ccc(SC)cc2)c(-c2ccc(F)cc2)c1C(F)(F)F. The van der Waals surface area contributed by atoms with Crippen molar-refractivity contribution in [1.29, 1.82) is 0 Å². The summed E-state index contributed by atoms with van der Waals surface area (Å²) < 4.78 is 61.0. The van der Waals surface area contributed by atoms with Crippen molar-refractivity contribution in [2.45, 2.75) is 24.5 Å². The quantitative estimate of drug-likeness (QED) is 0.283. The van der Waals surface area contributed by atoms with E-state index in [2.05, 4.69) is 5.10 Å². The molecular formula is C21H18F4N2O2S. The Morgan fingerprint density at radius 2 is 1.67 bits per heavy atom. The second kappa shape index (κ2) is 8.91. The van der Waals surface area contributed by atoms with E-state index < -0.39 is 30.2 Å². The van der Waals surface area contributed by atoms with Gasteiger partial charge < -0.3 is 4.74 Å². The minimum absolute atomic E-state index is 0.0370. The molecule has 158 valence electrons. The van der Waals surface area contributed by atoms with E-state index in [4.69, 9.17) is 4.74 Å². The monoisotopic (exact) mass is 438 g/mol. The largest absolute Gasteiger partial charge is 0.465 e. The average molecular weight is 438 g/mol. The number of alkyl halides is 3. The van der Waals surface area contributed by atoms with Crippen molar-refractivity contribution >= 4 is 17.7 Å². The first-order chi connectivity index (χ1) is 14.2. The van der Waals surface area contributed by atoms with Crippen LogP contribution in [0.25, 0.3) is 22.4 Å². The van der Waals surface area contributed by atoms with Crippen molar-refractivity contribution in [3.63, 3.8) is 0 Å². The lowest BCUT2D eigenvalue weighted by Gasteiger charge is -2.13. The van der Waals surface area contributed by atoms with Gasteiger partial charge in [0.05, 0.1) is 6.61 Å².